The molecule has 0 fully saturated rings. The molecule has 0 spiro atoms. The van der Waals surface area contributed by atoms with E-state index in [4.69, 9.17) is 4.74 Å². The summed E-state index contributed by atoms with van der Waals surface area (Å²) in [7, 11) is 1.68. The van der Waals surface area contributed by atoms with E-state index >= 15 is 0 Å². The summed E-state index contributed by atoms with van der Waals surface area (Å²) in [4.78, 5) is 9.05. The van der Waals surface area contributed by atoms with Crippen molar-refractivity contribution in [1.82, 2.24) is 20.2 Å². The molecule has 6 nitrogen and oxygen atoms in total. The molecule has 0 saturated heterocycles. The summed E-state index contributed by atoms with van der Waals surface area (Å²) in [5.74, 6) is 2.08. The first-order chi connectivity index (χ1) is 16.8. The van der Waals surface area contributed by atoms with Gasteiger partial charge in [-0.3, -0.25) is 5.10 Å². The van der Waals surface area contributed by atoms with E-state index in [1.807, 2.05) is 24.3 Å². The van der Waals surface area contributed by atoms with Gasteiger partial charge in [-0.05, 0) is 47.6 Å². The van der Waals surface area contributed by atoms with Crippen molar-refractivity contribution in [3.63, 3.8) is 0 Å². The number of hydrogen-bond acceptors (Lipinski definition) is 5. The number of H-pyrrole nitrogens is 1. The second-order valence-electron chi connectivity index (χ2n) is 8.63. The maximum absolute atomic E-state index is 5.66. The molecule has 6 rings (SSSR count). The second-order valence-corrected chi connectivity index (χ2v) is 8.63. The molecule has 2 N–H and O–H groups in total. The largest absolute Gasteiger partial charge is 0.495 e. The molecule has 168 valence electrons. The van der Waals surface area contributed by atoms with E-state index in [0.717, 1.165) is 46.5 Å². The molecule has 0 aliphatic heterocycles. The van der Waals surface area contributed by atoms with Crippen LogP contribution in [0.2, 0.25) is 0 Å². The number of methoxy groups -OCH3 is 1. The van der Waals surface area contributed by atoms with Crippen LogP contribution in [0.5, 0.6) is 5.75 Å². The molecule has 34 heavy (non-hydrogen) atoms. The number of nitrogens with zero attached hydrogens (tertiary/aromatic N) is 3. The molecule has 0 amide bonds. The maximum Gasteiger partial charge on any atom is 0.186 e. The highest BCUT2D eigenvalue weighted by molar-refractivity contribution is 5.92. The van der Waals surface area contributed by atoms with Gasteiger partial charge in [-0.25, -0.2) is 9.97 Å². The van der Waals surface area contributed by atoms with Crippen LogP contribution in [0.25, 0.3) is 22.2 Å². The Bertz CT molecular complexity index is 1430. The highest BCUT2D eigenvalue weighted by Crippen LogP contribution is 2.43. The van der Waals surface area contributed by atoms with Crippen LogP contribution in [0.15, 0.2) is 90.8 Å². The van der Waals surface area contributed by atoms with Gasteiger partial charge < -0.3 is 10.1 Å². The zero-order valence-electron chi connectivity index (χ0n) is 18.9. The molecular formula is C28H25N5O. The summed E-state index contributed by atoms with van der Waals surface area (Å²) in [6, 6.07) is 16.4. The minimum atomic E-state index is 0.194. The molecule has 2 aromatic heterocycles. The van der Waals surface area contributed by atoms with E-state index in [1.165, 1.54) is 5.57 Å². The van der Waals surface area contributed by atoms with Gasteiger partial charge in [0.25, 0.3) is 0 Å². The van der Waals surface area contributed by atoms with Gasteiger partial charge in [-0.2, -0.15) is 5.10 Å². The Kier molecular flexibility index (Phi) is 5.18. The Morgan fingerprint density at radius 1 is 1.06 bits per heavy atom. The normalized spacial score (nSPS) is 19.0. The number of hydrogen-bond donors (Lipinski definition) is 2. The van der Waals surface area contributed by atoms with Crippen molar-refractivity contribution >= 4 is 22.5 Å². The van der Waals surface area contributed by atoms with Gasteiger partial charge in [0.1, 0.15) is 17.9 Å². The SMILES string of the molecule is COc1ccc(-c2ccccc2)cc1Nc1ncnc2n[nH]c(C3C=CC=C4C=CCC[C@H]43)c12. The van der Waals surface area contributed by atoms with Crippen LogP contribution in [0, 0.1) is 5.92 Å². The smallest absolute Gasteiger partial charge is 0.186 e. The standard InChI is InChI=1S/C28H25N5O/c1-34-24-15-14-20(18-8-3-2-4-9-18)16-23(24)31-27-25-26(32-33-28(25)30-17-29-27)22-13-7-11-19-10-5-6-12-21(19)22/h2-5,7-11,13-17,21-22H,6,12H2,1H3,(H2,29,30,31,32,33)/t21-,22?/m1/s1. The fraction of sp³-hybridized carbons (Fsp3) is 0.179. The lowest BCUT2D eigenvalue weighted by Crippen LogP contribution is -2.18. The van der Waals surface area contributed by atoms with Crippen molar-refractivity contribution in [1.29, 1.82) is 0 Å². The third kappa shape index (κ3) is 3.57. The minimum Gasteiger partial charge on any atom is -0.495 e. The summed E-state index contributed by atoms with van der Waals surface area (Å²) in [6.07, 6.45) is 14.9. The molecule has 0 radical (unpaired) electrons. The number of benzene rings is 2. The number of anilines is 2. The monoisotopic (exact) mass is 447 g/mol. The van der Waals surface area contributed by atoms with Crippen molar-refractivity contribution in [2.75, 3.05) is 12.4 Å². The number of aromatic nitrogens is 4. The maximum atomic E-state index is 5.66. The first-order valence-corrected chi connectivity index (χ1v) is 11.6. The van der Waals surface area contributed by atoms with E-state index in [-0.39, 0.29) is 5.92 Å². The lowest BCUT2D eigenvalue weighted by Gasteiger charge is -2.30. The van der Waals surface area contributed by atoms with Crippen molar-refractivity contribution in [2.45, 2.75) is 18.8 Å². The highest BCUT2D eigenvalue weighted by atomic mass is 16.5. The summed E-state index contributed by atoms with van der Waals surface area (Å²) in [5.41, 5.74) is 6.14. The van der Waals surface area contributed by atoms with E-state index in [2.05, 4.69) is 80.1 Å². The molecule has 6 heteroatoms. The predicted octanol–water partition coefficient (Wildman–Crippen LogP) is 6.32. The Hall–Kier alpha value is -4.19. The number of ether oxygens (including phenoxy) is 1. The van der Waals surface area contributed by atoms with E-state index in [1.54, 1.807) is 13.4 Å². The topological polar surface area (TPSA) is 75.7 Å². The fourth-order valence-electron chi connectivity index (χ4n) is 5.03. The average molecular weight is 448 g/mol. The van der Waals surface area contributed by atoms with Gasteiger partial charge in [0.15, 0.2) is 5.65 Å². The average Bonchev–Trinajstić information content (AvgIpc) is 3.34. The van der Waals surface area contributed by atoms with Crippen LogP contribution in [0.1, 0.15) is 24.5 Å². The molecule has 1 unspecified atom stereocenters. The van der Waals surface area contributed by atoms with Gasteiger partial charge in [0.2, 0.25) is 0 Å². The molecule has 4 aromatic rings. The van der Waals surface area contributed by atoms with Crippen LogP contribution in [0.3, 0.4) is 0 Å². The van der Waals surface area contributed by atoms with Crippen molar-refractivity contribution in [2.24, 2.45) is 5.92 Å². The van der Waals surface area contributed by atoms with Crippen LogP contribution >= 0.6 is 0 Å². The Morgan fingerprint density at radius 3 is 2.85 bits per heavy atom. The lowest BCUT2D eigenvalue weighted by molar-refractivity contribution is 0.417. The summed E-state index contributed by atoms with van der Waals surface area (Å²) < 4.78 is 5.66. The molecule has 2 aliphatic rings. The summed E-state index contributed by atoms with van der Waals surface area (Å²) >= 11 is 0. The van der Waals surface area contributed by atoms with E-state index in [9.17, 15) is 0 Å². The fourth-order valence-corrected chi connectivity index (χ4v) is 5.03. The molecule has 0 bridgehead atoms. The Labute approximate surface area is 198 Å². The van der Waals surface area contributed by atoms with E-state index < -0.39 is 0 Å². The molecule has 2 aromatic carbocycles. The van der Waals surface area contributed by atoms with Crippen molar-refractivity contribution in [3.05, 3.63) is 96.5 Å². The quantitative estimate of drug-likeness (QED) is 0.374. The third-order valence-electron chi connectivity index (χ3n) is 6.70. The number of allylic oxidation sites excluding steroid dienone is 6. The van der Waals surface area contributed by atoms with Gasteiger partial charge >= 0.3 is 0 Å². The van der Waals surface area contributed by atoms with Gasteiger partial charge in [-0.1, -0.05) is 66.8 Å². The predicted molar refractivity (Wildman–Crippen MR) is 135 cm³/mol. The summed E-state index contributed by atoms with van der Waals surface area (Å²) in [5, 5.41) is 12.2. The van der Waals surface area contributed by atoms with Crippen LogP contribution < -0.4 is 10.1 Å². The van der Waals surface area contributed by atoms with Crippen LogP contribution in [-0.2, 0) is 0 Å². The Morgan fingerprint density at radius 2 is 1.97 bits per heavy atom. The van der Waals surface area contributed by atoms with Crippen molar-refractivity contribution < 1.29 is 4.74 Å². The number of aromatic amines is 1. The van der Waals surface area contributed by atoms with Gasteiger partial charge in [-0.15, -0.1) is 0 Å². The molecule has 0 saturated carbocycles. The minimum absolute atomic E-state index is 0.194. The first kappa shape index (κ1) is 20.4. The zero-order valence-corrected chi connectivity index (χ0v) is 18.9. The first-order valence-electron chi connectivity index (χ1n) is 11.6. The zero-order chi connectivity index (χ0) is 22.9. The lowest BCUT2D eigenvalue weighted by atomic mass is 9.75. The van der Waals surface area contributed by atoms with Gasteiger partial charge in [0, 0.05) is 5.92 Å². The molecule has 2 aliphatic carbocycles. The number of rotatable bonds is 5. The summed E-state index contributed by atoms with van der Waals surface area (Å²) in [6.45, 7) is 0. The number of fused-ring (bicyclic) bond motifs is 2. The Balaban J connectivity index is 1.42. The van der Waals surface area contributed by atoms with Crippen LogP contribution in [-0.4, -0.2) is 27.3 Å². The molecule has 2 atom stereocenters. The third-order valence-corrected chi connectivity index (χ3v) is 6.70. The molecule has 2 heterocycles. The highest BCUT2D eigenvalue weighted by Gasteiger charge is 2.30. The van der Waals surface area contributed by atoms with Crippen LogP contribution in [0.4, 0.5) is 11.5 Å². The van der Waals surface area contributed by atoms with E-state index in [0.29, 0.717) is 17.4 Å². The second kappa shape index (κ2) is 8.63. The number of nitrogens with one attached hydrogen (secondary N) is 2. The van der Waals surface area contributed by atoms with Crippen molar-refractivity contribution in [3.8, 4) is 16.9 Å². The molecular weight excluding hydrogens is 422 g/mol. The van der Waals surface area contributed by atoms with Gasteiger partial charge in [0.05, 0.1) is 23.9 Å².